The summed E-state index contributed by atoms with van der Waals surface area (Å²) in [7, 11) is 0. The van der Waals surface area contributed by atoms with Crippen LogP contribution >= 0.6 is 23.2 Å². The predicted octanol–water partition coefficient (Wildman–Crippen LogP) is 6.78. The van der Waals surface area contributed by atoms with Gasteiger partial charge in [0.2, 0.25) is 5.75 Å². The van der Waals surface area contributed by atoms with E-state index in [1.54, 1.807) is 6.92 Å². The molecule has 0 unspecified atom stereocenters. The van der Waals surface area contributed by atoms with Gasteiger partial charge in [-0.15, -0.1) is 0 Å². The van der Waals surface area contributed by atoms with Crippen molar-refractivity contribution in [1.82, 2.24) is 5.32 Å². The number of hydrogen-bond acceptors (Lipinski definition) is 7. The molecule has 1 fully saturated rings. The molecule has 1 N–H and O–H groups in total. The average Bonchev–Trinajstić information content (AvgIpc) is 2.89. The number of ether oxygens (including phenoxy) is 2. The number of alkyl halides is 3. The minimum Gasteiger partial charge on any atom is -0.490 e. The lowest BCUT2D eigenvalue weighted by molar-refractivity contribution is -0.385. The highest BCUT2D eigenvalue weighted by molar-refractivity contribution is 6.39. The maximum absolute atomic E-state index is 13.1. The van der Waals surface area contributed by atoms with Crippen LogP contribution in [0.25, 0.3) is 6.08 Å². The number of hydrogen-bond donors (Lipinski definition) is 1. The Morgan fingerprint density at radius 1 is 1.02 bits per heavy atom. The molecule has 0 atom stereocenters. The van der Waals surface area contributed by atoms with Gasteiger partial charge in [-0.05, 0) is 67.1 Å². The molecule has 10 nitrogen and oxygen atoms in total. The van der Waals surface area contributed by atoms with E-state index >= 15 is 0 Å². The summed E-state index contributed by atoms with van der Waals surface area (Å²) < 4.78 is 50.3. The van der Waals surface area contributed by atoms with Gasteiger partial charge in [-0.2, -0.15) is 13.2 Å². The summed E-state index contributed by atoms with van der Waals surface area (Å²) in [5.74, 6) is -2.85. The smallest absolute Gasteiger partial charge is 0.416 e. The van der Waals surface area contributed by atoms with E-state index in [4.69, 9.17) is 32.7 Å². The number of imide groups is 2. The van der Waals surface area contributed by atoms with Crippen molar-refractivity contribution in [3.63, 3.8) is 0 Å². The summed E-state index contributed by atoms with van der Waals surface area (Å²) in [6, 6.07) is 8.96. The molecule has 41 heavy (non-hydrogen) atoms. The molecule has 4 rings (SSSR count). The summed E-state index contributed by atoms with van der Waals surface area (Å²) >= 11 is 12.2. The summed E-state index contributed by atoms with van der Waals surface area (Å²) in [5, 5.41) is 13.7. The topological polar surface area (TPSA) is 128 Å². The molecule has 0 bridgehead atoms. The first-order valence-corrected chi connectivity index (χ1v) is 12.2. The fourth-order valence-corrected chi connectivity index (χ4v) is 4.10. The van der Waals surface area contributed by atoms with Crippen LogP contribution in [0.1, 0.15) is 18.1 Å². The van der Waals surface area contributed by atoms with Crippen LogP contribution in [0.15, 0.2) is 60.2 Å². The molecule has 1 aliphatic heterocycles. The number of nitro benzene ring substituents is 1. The molecular weight excluding hydrogens is 594 g/mol. The Hall–Kier alpha value is -4.62. The van der Waals surface area contributed by atoms with Crippen LogP contribution in [0.4, 0.5) is 29.3 Å². The normalized spacial score (nSPS) is 14.7. The van der Waals surface area contributed by atoms with Gasteiger partial charge >= 0.3 is 17.9 Å². The van der Waals surface area contributed by atoms with Gasteiger partial charge in [-0.1, -0.05) is 23.2 Å². The van der Waals surface area contributed by atoms with Gasteiger partial charge < -0.3 is 9.47 Å². The zero-order chi connectivity index (χ0) is 30.1. The quantitative estimate of drug-likeness (QED) is 0.135. The molecule has 0 spiro atoms. The Labute approximate surface area is 239 Å². The lowest BCUT2D eigenvalue weighted by atomic mass is 10.1. The van der Waals surface area contributed by atoms with E-state index in [1.807, 2.05) is 0 Å². The number of rotatable bonds is 7. The number of carbonyl (C=O) groups is 3. The van der Waals surface area contributed by atoms with E-state index in [1.165, 1.54) is 36.4 Å². The molecule has 1 heterocycles. The van der Waals surface area contributed by atoms with Crippen molar-refractivity contribution >= 4 is 58.5 Å². The third kappa shape index (κ3) is 6.26. The average molecular weight is 610 g/mol. The molecule has 15 heteroatoms. The van der Waals surface area contributed by atoms with E-state index in [9.17, 15) is 37.7 Å². The molecule has 3 aromatic carbocycles. The minimum atomic E-state index is -4.83. The second-order valence-corrected chi connectivity index (χ2v) is 9.08. The molecule has 4 amide bonds. The highest BCUT2D eigenvalue weighted by Gasteiger charge is 2.37. The van der Waals surface area contributed by atoms with Gasteiger partial charge in [0.05, 0.1) is 27.8 Å². The van der Waals surface area contributed by atoms with E-state index < -0.39 is 51.5 Å². The van der Waals surface area contributed by atoms with Gasteiger partial charge in [-0.25, -0.2) is 9.69 Å². The number of nitrogens with zero attached hydrogens (tertiary/aromatic N) is 2. The number of benzene rings is 3. The zero-order valence-corrected chi connectivity index (χ0v) is 22.1. The van der Waals surface area contributed by atoms with Crippen LogP contribution in [0.2, 0.25) is 10.0 Å². The number of barbiturate groups is 1. The molecular formula is C26H16Cl2F3N3O7. The van der Waals surface area contributed by atoms with Crippen LogP contribution in [-0.4, -0.2) is 29.4 Å². The fourth-order valence-electron chi connectivity index (χ4n) is 3.71. The van der Waals surface area contributed by atoms with Gasteiger partial charge in [0.15, 0.2) is 11.5 Å². The standard InChI is InChI=1S/C26H16Cl2F3N3O7/c1-2-40-21-11-13(9-17-23(35)32-25(37)33(24(17)36)16-6-4-15(27)5-7-16)10-18(28)22(21)41-20-8-3-14(26(29,30)31)12-19(20)34(38)39/h3-12H,2H2,1H3,(H,32,35,37)/b17-9+. The van der Waals surface area contributed by atoms with E-state index in [0.717, 1.165) is 17.0 Å². The lowest BCUT2D eigenvalue weighted by Gasteiger charge is -2.26. The highest BCUT2D eigenvalue weighted by Crippen LogP contribution is 2.44. The van der Waals surface area contributed by atoms with Crippen LogP contribution in [0, 0.1) is 10.1 Å². The van der Waals surface area contributed by atoms with Crippen molar-refractivity contribution in [2.75, 3.05) is 11.5 Å². The fraction of sp³-hybridized carbons (Fsp3) is 0.115. The van der Waals surface area contributed by atoms with Crippen molar-refractivity contribution in [1.29, 1.82) is 0 Å². The molecule has 0 aromatic heterocycles. The van der Waals surface area contributed by atoms with Crippen LogP contribution in [-0.2, 0) is 15.8 Å². The zero-order valence-electron chi connectivity index (χ0n) is 20.6. The third-order valence-corrected chi connectivity index (χ3v) is 6.06. The lowest BCUT2D eigenvalue weighted by Crippen LogP contribution is -2.54. The summed E-state index contributed by atoms with van der Waals surface area (Å²) in [6.07, 6.45) is -3.70. The molecule has 1 aliphatic rings. The van der Waals surface area contributed by atoms with E-state index in [0.29, 0.717) is 17.2 Å². The summed E-state index contributed by atoms with van der Waals surface area (Å²) in [6.45, 7) is 1.64. The van der Waals surface area contributed by atoms with Gasteiger partial charge in [0.25, 0.3) is 11.8 Å². The first kappa shape index (κ1) is 29.4. The Kier molecular flexibility index (Phi) is 8.22. The number of urea groups is 1. The second kappa shape index (κ2) is 11.5. The Morgan fingerprint density at radius 3 is 2.32 bits per heavy atom. The van der Waals surface area contributed by atoms with Crippen molar-refractivity contribution in [3.05, 3.63) is 91.5 Å². The Bertz CT molecular complexity index is 1610. The number of carbonyl (C=O) groups excluding carboxylic acids is 3. The second-order valence-electron chi connectivity index (χ2n) is 8.24. The Balaban J connectivity index is 1.74. The molecule has 0 radical (unpaired) electrons. The number of halogens is 5. The van der Waals surface area contributed by atoms with Crippen molar-refractivity contribution in [2.24, 2.45) is 0 Å². The van der Waals surface area contributed by atoms with Crippen LogP contribution in [0.5, 0.6) is 17.2 Å². The minimum absolute atomic E-state index is 0.0417. The largest absolute Gasteiger partial charge is 0.490 e. The van der Waals surface area contributed by atoms with Crippen molar-refractivity contribution < 1.29 is 42.0 Å². The summed E-state index contributed by atoms with van der Waals surface area (Å²) in [5.41, 5.74) is -2.39. The van der Waals surface area contributed by atoms with Gasteiger partial charge in [-0.3, -0.25) is 25.0 Å². The Morgan fingerprint density at radius 2 is 1.71 bits per heavy atom. The monoisotopic (exact) mass is 609 g/mol. The van der Waals surface area contributed by atoms with E-state index in [2.05, 4.69) is 5.32 Å². The maximum Gasteiger partial charge on any atom is 0.416 e. The van der Waals surface area contributed by atoms with Gasteiger partial charge in [0.1, 0.15) is 5.57 Å². The predicted molar refractivity (Wildman–Crippen MR) is 141 cm³/mol. The molecule has 212 valence electrons. The highest BCUT2D eigenvalue weighted by atomic mass is 35.5. The first-order chi connectivity index (χ1) is 19.3. The van der Waals surface area contributed by atoms with Crippen molar-refractivity contribution in [3.8, 4) is 17.2 Å². The van der Waals surface area contributed by atoms with Gasteiger partial charge in [0, 0.05) is 11.1 Å². The molecule has 1 saturated heterocycles. The molecule has 0 saturated carbocycles. The van der Waals surface area contributed by atoms with Crippen LogP contribution in [0.3, 0.4) is 0 Å². The first-order valence-electron chi connectivity index (χ1n) is 11.5. The number of nitrogens with one attached hydrogen (secondary N) is 1. The SMILES string of the molecule is CCOc1cc(/C=C2\C(=O)NC(=O)N(c3ccc(Cl)cc3)C2=O)cc(Cl)c1Oc1ccc(C(F)(F)F)cc1[N+](=O)[O-]. The molecule has 0 aliphatic carbocycles. The van der Waals surface area contributed by atoms with E-state index in [-0.39, 0.29) is 34.4 Å². The molecule has 3 aromatic rings. The number of nitro groups is 1. The third-order valence-electron chi connectivity index (χ3n) is 5.52. The number of anilines is 1. The maximum atomic E-state index is 13.1. The van der Waals surface area contributed by atoms with Crippen LogP contribution < -0.4 is 19.7 Å². The van der Waals surface area contributed by atoms with Crippen molar-refractivity contribution in [2.45, 2.75) is 13.1 Å². The number of amides is 4. The summed E-state index contributed by atoms with van der Waals surface area (Å²) in [4.78, 5) is 49.3.